The number of esters is 1. The highest BCUT2D eigenvalue weighted by molar-refractivity contribution is 5.98. The number of nitrogens with one attached hydrogen (secondary N) is 1. The van der Waals surface area contributed by atoms with Crippen molar-refractivity contribution in [2.24, 2.45) is 5.92 Å². The molecule has 1 N–H and O–H groups in total. The van der Waals surface area contributed by atoms with Crippen molar-refractivity contribution >= 4 is 22.6 Å². The number of aromatic nitrogens is 2. The predicted molar refractivity (Wildman–Crippen MR) is 163 cm³/mol. The highest BCUT2D eigenvalue weighted by Gasteiger charge is 2.35. The third kappa shape index (κ3) is 6.12. The lowest BCUT2D eigenvalue weighted by atomic mass is 9.83. The minimum atomic E-state index is -0.760. The first-order chi connectivity index (χ1) is 20.2. The van der Waals surface area contributed by atoms with Gasteiger partial charge in [0.1, 0.15) is 23.1 Å². The van der Waals surface area contributed by atoms with E-state index in [-0.39, 0.29) is 11.6 Å². The molecule has 1 fully saturated rings. The Bertz CT molecular complexity index is 1550. The maximum absolute atomic E-state index is 13.9. The van der Waals surface area contributed by atoms with Crippen molar-refractivity contribution in [1.29, 1.82) is 0 Å². The summed E-state index contributed by atoms with van der Waals surface area (Å²) in [6.07, 6.45) is 4.89. The monoisotopic (exact) mass is 569 g/mol. The summed E-state index contributed by atoms with van der Waals surface area (Å²) in [5.74, 6) is 0.313. The zero-order valence-electron chi connectivity index (χ0n) is 25.0. The predicted octanol–water partition coefficient (Wildman–Crippen LogP) is 6.73. The first-order valence-electron chi connectivity index (χ1n) is 14.5. The summed E-state index contributed by atoms with van der Waals surface area (Å²) in [6, 6.07) is 20.5. The van der Waals surface area contributed by atoms with Crippen molar-refractivity contribution in [3.8, 4) is 28.4 Å². The molecule has 0 unspecified atom stereocenters. The van der Waals surface area contributed by atoms with E-state index in [0.29, 0.717) is 22.8 Å². The minimum Gasteiger partial charge on any atom is -0.496 e. The SMILES string of the molecule is COc1cccc(OC)c1-c1cc(C(=O)N[C@H](C(=O)OC(C)(C)C)C2CCCCC2)nn1-c1cccc2ccccc12. The highest BCUT2D eigenvalue weighted by atomic mass is 16.6. The molecule has 1 heterocycles. The van der Waals surface area contributed by atoms with Crippen molar-refractivity contribution in [2.45, 2.75) is 64.5 Å². The van der Waals surface area contributed by atoms with Gasteiger partial charge in [0.15, 0.2) is 5.69 Å². The zero-order chi connectivity index (χ0) is 29.9. The lowest BCUT2D eigenvalue weighted by molar-refractivity contribution is -0.159. The van der Waals surface area contributed by atoms with Gasteiger partial charge >= 0.3 is 5.97 Å². The van der Waals surface area contributed by atoms with Gasteiger partial charge in [0.2, 0.25) is 0 Å². The molecule has 1 aromatic heterocycles. The van der Waals surface area contributed by atoms with E-state index in [1.54, 1.807) is 25.0 Å². The Hall–Kier alpha value is -4.33. The number of ether oxygens (including phenoxy) is 3. The smallest absolute Gasteiger partial charge is 0.329 e. The van der Waals surface area contributed by atoms with Crippen LogP contribution in [0.5, 0.6) is 11.5 Å². The van der Waals surface area contributed by atoms with Gasteiger partial charge in [-0.3, -0.25) is 4.79 Å². The van der Waals surface area contributed by atoms with Crippen molar-refractivity contribution in [2.75, 3.05) is 14.2 Å². The third-order valence-electron chi connectivity index (χ3n) is 7.69. The molecule has 1 aliphatic rings. The Kier molecular flexibility index (Phi) is 8.52. The zero-order valence-corrected chi connectivity index (χ0v) is 25.0. The number of hydrogen-bond acceptors (Lipinski definition) is 6. The number of benzene rings is 3. The van der Waals surface area contributed by atoms with Gasteiger partial charge in [0.05, 0.1) is 31.2 Å². The molecule has 8 heteroatoms. The largest absolute Gasteiger partial charge is 0.496 e. The van der Waals surface area contributed by atoms with Crippen LogP contribution >= 0.6 is 0 Å². The summed E-state index contributed by atoms with van der Waals surface area (Å²) in [7, 11) is 3.19. The van der Waals surface area contributed by atoms with Crippen LogP contribution in [0.4, 0.5) is 0 Å². The minimum absolute atomic E-state index is 0.00600. The average Bonchev–Trinajstić information content (AvgIpc) is 3.43. The Morgan fingerprint density at radius 1 is 0.905 bits per heavy atom. The number of hydrogen-bond donors (Lipinski definition) is 1. The number of carbonyl (C=O) groups is 2. The second-order valence-corrected chi connectivity index (χ2v) is 11.7. The topological polar surface area (TPSA) is 91.7 Å². The maximum Gasteiger partial charge on any atom is 0.329 e. The first kappa shape index (κ1) is 29.2. The van der Waals surface area contributed by atoms with Crippen molar-refractivity contribution in [3.05, 3.63) is 72.4 Å². The molecule has 1 saturated carbocycles. The number of methoxy groups -OCH3 is 2. The number of carbonyl (C=O) groups excluding carboxylic acids is 2. The van der Waals surface area contributed by atoms with E-state index in [0.717, 1.165) is 48.6 Å². The van der Waals surface area contributed by atoms with Crippen LogP contribution in [-0.2, 0) is 9.53 Å². The van der Waals surface area contributed by atoms with E-state index in [1.165, 1.54) is 0 Å². The van der Waals surface area contributed by atoms with Gasteiger partial charge in [0, 0.05) is 5.39 Å². The van der Waals surface area contributed by atoms with E-state index < -0.39 is 23.5 Å². The fraction of sp³-hybridized carbons (Fsp3) is 0.382. The number of fused-ring (bicyclic) bond motifs is 1. The van der Waals surface area contributed by atoms with Crippen LogP contribution in [-0.4, -0.2) is 47.5 Å². The number of amides is 1. The molecule has 0 aliphatic heterocycles. The number of rotatable bonds is 8. The lowest BCUT2D eigenvalue weighted by Crippen LogP contribution is -2.49. The Balaban J connectivity index is 1.62. The van der Waals surface area contributed by atoms with E-state index in [9.17, 15) is 9.59 Å². The fourth-order valence-electron chi connectivity index (χ4n) is 5.77. The molecular formula is C34H39N3O5. The molecule has 3 aromatic carbocycles. The third-order valence-corrected chi connectivity index (χ3v) is 7.69. The Labute approximate surface area is 247 Å². The Morgan fingerprint density at radius 3 is 2.21 bits per heavy atom. The quantitative estimate of drug-likeness (QED) is 0.237. The van der Waals surface area contributed by atoms with Gasteiger partial charge in [-0.05, 0) is 69.2 Å². The van der Waals surface area contributed by atoms with Crippen LogP contribution < -0.4 is 14.8 Å². The normalized spacial score (nSPS) is 14.8. The van der Waals surface area contributed by atoms with E-state index in [1.807, 2.05) is 81.4 Å². The molecule has 8 nitrogen and oxygen atoms in total. The van der Waals surface area contributed by atoms with Gasteiger partial charge in [-0.15, -0.1) is 0 Å². The molecule has 1 amide bonds. The van der Waals surface area contributed by atoms with Gasteiger partial charge in [-0.1, -0.05) is 61.7 Å². The average molecular weight is 570 g/mol. The molecule has 1 atom stereocenters. The van der Waals surface area contributed by atoms with Gasteiger partial charge in [0.25, 0.3) is 5.91 Å². The van der Waals surface area contributed by atoms with Crippen LogP contribution in [0.15, 0.2) is 66.7 Å². The molecule has 220 valence electrons. The molecule has 0 spiro atoms. The fourth-order valence-corrected chi connectivity index (χ4v) is 5.77. The van der Waals surface area contributed by atoms with Crippen molar-refractivity contribution in [3.63, 3.8) is 0 Å². The molecule has 4 aromatic rings. The van der Waals surface area contributed by atoms with Crippen molar-refractivity contribution in [1.82, 2.24) is 15.1 Å². The second kappa shape index (κ2) is 12.3. The van der Waals surface area contributed by atoms with Gasteiger partial charge < -0.3 is 19.5 Å². The molecule has 0 bridgehead atoms. The Morgan fingerprint density at radius 2 is 1.55 bits per heavy atom. The summed E-state index contributed by atoms with van der Waals surface area (Å²) in [5, 5.41) is 9.85. The lowest BCUT2D eigenvalue weighted by Gasteiger charge is -2.31. The van der Waals surface area contributed by atoms with E-state index in [2.05, 4.69) is 5.32 Å². The van der Waals surface area contributed by atoms with Gasteiger partial charge in [-0.2, -0.15) is 5.10 Å². The maximum atomic E-state index is 13.9. The summed E-state index contributed by atoms with van der Waals surface area (Å²) >= 11 is 0. The summed E-state index contributed by atoms with van der Waals surface area (Å²) in [6.45, 7) is 5.51. The summed E-state index contributed by atoms with van der Waals surface area (Å²) in [4.78, 5) is 27.3. The van der Waals surface area contributed by atoms with Crippen LogP contribution in [0, 0.1) is 5.92 Å². The van der Waals surface area contributed by atoms with Crippen LogP contribution in [0.25, 0.3) is 27.7 Å². The molecule has 42 heavy (non-hydrogen) atoms. The van der Waals surface area contributed by atoms with Crippen LogP contribution in [0.2, 0.25) is 0 Å². The van der Waals surface area contributed by atoms with E-state index >= 15 is 0 Å². The summed E-state index contributed by atoms with van der Waals surface area (Å²) in [5.41, 5.74) is 1.59. The standard InChI is InChI=1S/C34H39N3O5/c1-34(2,3)42-33(39)31(23-14-7-6-8-15-23)35-32(38)25-21-27(30-28(40-4)19-12-20-29(30)41-5)37(36-25)26-18-11-16-22-13-9-10-17-24(22)26/h9-13,16-21,23,31H,6-8,14-15H2,1-5H3,(H,35,38)/t31-/m0/s1. The van der Waals surface area contributed by atoms with Crippen LogP contribution in [0.1, 0.15) is 63.4 Å². The van der Waals surface area contributed by atoms with Gasteiger partial charge in [-0.25, -0.2) is 9.48 Å². The molecular weight excluding hydrogens is 530 g/mol. The van der Waals surface area contributed by atoms with E-state index in [4.69, 9.17) is 19.3 Å². The van der Waals surface area contributed by atoms with Crippen molar-refractivity contribution < 1.29 is 23.8 Å². The molecule has 0 saturated heterocycles. The highest BCUT2D eigenvalue weighted by Crippen LogP contribution is 2.40. The second-order valence-electron chi connectivity index (χ2n) is 11.7. The van der Waals surface area contributed by atoms with Crippen LogP contribution in [0.3, 0.4) is 0 Å². The first-order valence-corrected chi connectivity index (χ1v) is 14.5. The molecule has 5 rings (SSSR count). The number of nitrogens with zero attached hydrogens (tertiary/aromatic N) is 2. The summed E-state index contributed by atoms with van der Waals surface area (Å²) < 4.78 is 19.0. The molecule has 0 radical (unpaired) electrons. The molecule has 1 aliphatic carbocycles.